The van der Waals surface area contributed by atoms with Crippen LogP contribution >= 0.6 is 0 Å². The van der Waals surface area contributed by atoms with E-state index in [1.807, 2.05) is 81.6 Å². The van der Waals surface area contributed by atoms with Gasteiger partial charge in [-0.1, -0.05) is 62.7 Å². The Morgan fingerprint density at radius 3 is 2.41 bits per heavy atom. The molecule has 0 saturated heterocycles. The van der Waals surface area contributed by atoms with Gasteiger partial charge in [0.25, 0.3) is 0 Å². The third kappa shape index (κ3) is 6.44. The number of hydrogen-bond donors (Lipinski definition) is 2. The molecule has 0 saturated carbocycles. The van der Waals surface area contributed by atoms with Crippen LogP contribution in [0.15, 0.2) is 67.0 Å². The van der Waals surface area contributed by atoms with E-state index in [2.05, 4.69) is 20.2 Å². The lowest BCUT2D eigenvalue weighted by molar-refractivity contribution is -0.119. The van der Waals surface area contributed by atoms with Crippen molar-refractivity contribution in [2.75, 3.05) is 5.32 Å². The quantitative estimate of drug-likeness (QED) is 0.519. The van der Waals surface area contributed by atoms with Gasteiger partial charge in [0.05, 0.1) is 0 Å². The summed E-state index contributed by atoms with van der Waals surface area (Å²) >= 11 is 0. The summed E-state index contributed by atoms with van der Waals surface area (Å²) < 4.78 is 7.34. The number of carbonyl (C=O) groups is 2. The highest BCUT2D eigenvalue weighted by Crippen LogP contribution is 2.15. The van der Waals surface area contributed by atoms with E-state index in [1.54, 1.807) is 6.20 Å². The van der Waals surface area contributed by atoms with E-state index >= 15 is 0 Å². The van der Waals surface area contributed by atoms with Crippen molar-refractivity contribution in [2.45, 2.75) is 46.4 Å². The molecule has 0 fully saturated rings. The van der Waals surface area contributed by atoms with E-state index in [0.29, 0.717) is 12.2 Å². The van der Waals surface area contributed by atoms with Crippen molar-refractivity contribution in [3.8, 4) is 0 Å². The van der Waals surface area contributed by atoms with Gasteiger partial charge in [-0.05, 0) is 36.1 Å². The number of benzene rings is 2. The smallest absolute Gasteiger partial charge is 0.408 e. The molecule has 0 bridgehead atoms. The normalized spacial score (nSPS) is 12.6. The van der Waals surface area contributed by atoms with Gasteiger partial charge in [0.15, 0.2) is 0 Å². The summed E-state index contributed by atoms with van der Waals surface area (Å²) in [6.45, 7) is 6.73. The maximum absolute atomic E-state index is 12.9. The molecule has 0 unspecified atom stereocenters. The van der Waals surface area contributed by atoms with Crippen molar-refractivity contribution < 1.29 is 14.3 Å². The second-order valence-electron chi connectivity index (χ2n) is 7.86. The summed E-state index contributed by atoms with van der Waals surface area (Å²) in [4.78, 5) is 29.5. The molecule has 0 aliphatic heterocycles. The summed E-state index contributed by atoms with van der Waals surface area (Å²) in [5.41, 5.74) is 2.66. The van der Waals surface area contributed by atoms with E-state index in [1.165, 1.54) is 0 Å². The maximum Gasteiger partial charge on any atom is 0.408 e. The number of nitrogens with one attached hydrogen (secondary N) is 2. The fourth-order valence-electron chi connectivity index (χ4n) is 3.27. The minimum atomic E-state index is -0.698. The van der Waals surface area contributed by atoms with E-state index < -0.39 is 12.1 Å². The predicted octanol–water partition coefficient (Wildman–Crippen LogP) is 4.52. The topological polar surface area (TPSA) is 85.2 Å². The monoisotopic (exact) mass is 434 g/mol. The summed E-state index contributed by atoms with van der Waals surface area (Å²) in [6, 6.07) is 16.4. The minimum Gasteiger partial charge on any atom is -0.445 e. The highest BCUT2D eigenvalue weighted by atomic mass is 16.5. The van der Waals surface area contributed by atoms with Crippen molar-refractivity contribution in [3.05, 3.63) is 83.9 Å². The number of anilines is 1. The van der Waals surface area contributed by atoms with Crippen LogP contribution in [0.5, 0.6) is 0 Å². The van der Waals surface area contributed by atoms with Crippen molar-refractivity contribution in [3.63, 3.8) is 0 Å². The standard InChI is InChI=1S/C25H30N4O3/c1-4-18(2)23(28-25(31)32-17-21-8-6-5-7-9-21)24(30)27-22-12-10-20(11-13-22)16-29-15-14-26-19(29)3/h5-15,18,23H,4,16-17H2,1-3H3,(H,27,30)(H,28,31)/t18-,23-/m0/s1. The molecular weight excluding hydrogens is 404 g/mol. The van der Waals surface area contributed by atoms with E-state index in [9.17, 15) is 9.59 Å². The van der Waals surface area contributed by atoms with Crippen LogP contribution in [-0.2, 0) is 22.7 Å². The molecule has 7 heteroatoms. The second kappa shape index (κ2) is 11.1. The first-order chi connectivity index (χ1) is 15.5. The molecule has 0 spiro atoms. The highest BCUT2D eigenvalue weighted by molar-refractivity contribution is 5.96. The van der Waals surface area contributed by atoms with Crippen LogP contribution in [0.4, 0.5) is 10.5 Å². The average molecular weight is 435 g/mol. The first-order valence-corrected chi connectivity index (χ1v) is 10.8. The summed E-state index contributed by atoms with van der Waals surface area (Å²) in [5, 5.41) is 5.63. The second-order valence-corrected chi connectivity index (χ2v) is 7.86. The Labute approximate surface area is 188 Å². The van der Waals surface area contributed by atoms with E-state index in [-0.39, 0.29) is 18.4 Å². The molecule has 32 heavy (non-hydrogen) atoms. The lowest BCUT2D eigenvalue weighted by Gasteiger charge is -2.23. The summed E-state index contributed by atoms with van der Waals surface area (Å²) in [7, 11) is 0. The number of nitrogens with zero attached hydrogens (tertiary/aromatic N) is 2. The Bertz CT molecular complexity index is 1020. The third-order valence-corrected chi connectivity index (χ3v) is 5.48. The zero-order chi connectivity index (χ0) is 22.9. The van der Waals surface area contributed by atoms with Gasteiger partial charge in [0.1, 0.15) is 18.5 Å². The number of alkyl carbamates (subject to hydrolysis) is 1. The fraction of sp³-hybridized carbons (Fsp3) is 0.320. The van der Waals surface area contributed by atoms with Crippen LogP contribution < -0.4 is 10.6 Å². The maximum atomic E-state index is 12.9. The number of imidazole rings is 1. The van der Waals surface area contributed by atoms with Gasteiger partial charge >= 0.3 is 6.09 Å². The van der Waals surface area contributed by atoms with Gasteiger partial charge in [-0.15, -0.1) is 0 Å². The molecule has 3 aromatic rings. The van der Waals surface area contributed by atoms with E-state index in [0.717, 1.165) is 23.4 Å². The fourth-order valence-corrected chi connectivity index (χ4v) is 3.27. The van der Waals surface area contributed by atoms with Crippen LogP contribution in [0.25, 0.3) is 0 Å². The largest absolute Gasteiger partial charge is 0.445 e. The third-order valence-electron chi connectivity index (χ3n) is 5.48. The molecule has 0 radical (unpaired) electrons. The number of aryl methyl sites for hydroxylation is 1. The molecule has 7 nitrogen and oxygen atoms in total. The Morgan fingerprint density at radius 1 is 1.06 bits per heavy atom. The Balaban J connectivity index is 1.57. The summed E-state index contributed by atoms with van der Waals surface area (Å²) in [6.07, 6.45) is 3.84. The van der Waals surface area contributed by atoms with Crippen molar-refractivity contribution in [1.82, 2.24) is 14.9 Å². The molecule has 1 aromatic heterocycles. The van der Waals surface area contributed by atoms with Crippen molar-refractivity contribution in [2.24, 2.45) is 5.92 Å². The van der Waals surface area contributed by atoms with Gasteiger partial charge in [-0.3, -0.25) is 4.79 Å². The molecule has 0 aliphatic carbocycles. The average Bonchev–Trinajstić information content (AvgIpc) is 3.21. The zero-order valence-corrected chi connectivity index (χ0v) is 18.7. The molecular formula is C25H30N4O3. The number of amides is 2. The van der Waals surface area contributed by atoms with Crippen LogP contribution in [0.1, 0.15) is 37.2 Å². The Morgan fingerprint density at radius 2 is 1.78 bits per heavy atom. The number of aromatic nitrogens is 2. The Hall–Kier alpha value is -3.61. The number of carbonyl (C=O) groups excluding carboxylic acids is 2. The van der Waals surface area contributed by atoms with Crippen molar-refractivity contribution in [1.29, 1.82) is 0 Å². The van der Waals surface area contributed by atoms with Crippen LogP contribution in [0.3, 0.4) is 0 Å². The van der Waals surface area contributed by atoms with Crippen LogP contribution in [0.2, 0.25) is 0 Å². The number of rotatable bonds is 9. The highest BCUT2D eigenvalue weighted by Gasteiger charge is 2.26. The van der Waals surface area contributed by atoms with Crippen LogP contribution in [-0.4, -0.2) is 27.6 Å². The SMILES string of the molecule is CC[C@H](C)[C@H](NC(=O)OCc1ccccc1)C(=O)Nc1ccc(Cn2ccnc2C)cc1. The summed E-state index contributed by atoms with van der Waals surface area (Å²) in [5.74, 6) is 0.626. The van der Waals surface area contributed by atoms with Gasteiger partial charge in [-0.2, -0.15) is 0 Å². The zero-order valence-electron chi connectivity index (χ0n) is 18.7. The Kier molecular flexibility index (Phi) is 8.02. The van der Waals surface area contributed by atoms with Crippen molar-refractivity contribution >= 4 is 17.7 Å². The first-order valence-electron chi connectivity index (χ1n) is 10.8. The molecule has 2 aromatic carbocycles. The van der Waals surface area contributed by atoms with E-state index in [4.69, 9.17) is 4.74 Å². The first kappa shape index (κ1) is 23.1. The molecule has 1 heterocycles. The minimum absolute atomic E-state index is 0.0530. The molecule has 168 valence electrons. The predicted molar refractivity (Wildman–Crippen MR) is 124 cm³/mol. The molecule has 0 aliphatic rings. The lowest BCUT2D eigenvalue weighted by Crippen LogP contribution is -2.47. The molecule has 2 atom stereocenters. The van der Waals surface area contributed by atoms with Gasteiger partial charge in [-0.25, -0.2) is 9.78 Å². The van der Waals surface area contributed by atoms with Gasteiger partial charge in [0.2, 0.25) is 5.91 Å². The molecule has 2 amide bonds. The lowest BCUT2D eigenvalue weighted by atomic mass is 9.98. The number of hydrogen-bond acceptors (Lipinski definition) is 4. The van der Waals surface area contributed by atoms with Gasteiger partial charge in [0, 0.05) is 24.6 Å². The van der Waals surface area contributed by atoms with Crippen LogP contribution in [0, 0.1) is 12.8 Å². The van der Waals surface area contributed by atoms with Gasteiger partial charge < -0.3 is 19.9 Å². The molecule has 2 N–H and O–H groups in total. The number of ether oxygens (including phenoxy) is 1. The molecule has 3 rings (SSSR count).